The fourth-order valence-electron chi connectivity index (χ4n) is 3.90. The maximum Gasteiger partial charge on any atom is 0.274 e. The number of thiophene rings is 1. The van der Waals surface area contributed by atoms with Crippen LogP contribution in [0.3, 0.4) is 0 Å². The second-order valence-electron chi connectivity index (χ2n) is 7.89. The molecule has 0 radical (unpaired) electrons. The van der Waals surface area contributed by atoms with Crippen molar-refractivity contribution in [2.45, 2.75) is 17.0 Å². The molecule has 0 bridgehead atoms. The molecule has 5 aromatic rings. The summed E-state index contributed by atoms with van der Waals surface area (Å²) >= 11 is 9.34. The number of hydrogen-bond donors (Lipinski definition) is 1. The number of amides is 1. The number of rotatable bonds is 7. The van der Waals surface area contributed by atoms with Crippen molar-refractivity contribution in [1.29, 1.82) is 0 Å². The van der Waals surface area contributed by atoms with Gasteiger partial charge in [0, 0.05) is 40.3 Å². The van der Waals surface area contributed by atoms with Gasteiger partial charge in [0.25, 0.3) is 5.91 Å². The lowest BCUT2D eigenvalue weighted by molar-refractivity contribution is 0.0751. The number of para-hydroxylation sites is 1. The van der Waals surface area contributed by atoms with Crippen molar-refractivity contribution in [3.63, 3.8) is 0 Å². The number of carbonyl (C=O) groups excluding carboxylic acids is 1. The van der Waals surface area contributed by atoms with Crippen molar-refractivity contribution < 1.29 is 9.18 Å². The number of H-pyrrole nitrogens is 1. The molecule has 3 aromatic heterocycles. The molecule has 176 valence electrons. The molecule has 1 atom stereocenters. The fourth-order valence-corrected chi connectivity index (χ4v) is 5.73. The molecule has 0 saturated carbocycles. The zero-order valence-electron chi connectivity index (χ0n) is 18.6. The molecule has 0 aliphatic heterocycles. The summed E-state index contributed by atoms with van der Waals surface area (Å²) in [6, 6.07) is 17.9. The van der Waals surface area contributed by atoms with Crippen molar-refractivity contribution in [1.82, 2.24) is 19.9 Å². The molecule has 1 N–H and O–H groups in total. The third-order valence-corrected chi connectivity index (χ3v) is 7.78. The molecule has 3 heterocycles. The molecule has 2 aromatic carbocycles. The Morgan fingerprint density at radius 3 is 2.74 bits per heavy atom. The number of aromatic amines is 1. The maximum absolute atomic E-state index is 13.7. The van der Waals surface area contributed by atoms with Gasteiger partial charge in [0.2, 0.25) is 0 Å². The van der Waals surface area contributed by atoms with E-state index in [-0.39, 0.29) is 28.5 Å². The van der Waals surface area contributed by atoms with Gasteiger partial charge in [0.1, 0.15) is 5.82 Å². The van der Waals surface area contributed by atoms with E-state index in [9.17, 15) is 9.18 Å². The molecule has 5 nitrogen and oxygen atoms in total. The topological polar surface area (TPSA) is 61.9 Å². The number of hydrogen-bond acceptors (Lipinski definition) is 5. The number of nitrogens with zero attached hydrogens (tertiary/aromatic N) is 3. The highest BCUT2D eigenvalue weighted by molar-refractivity contribution is 7.98. The number of aromatic nitrogens is 3. The van der Waals surface area contributed by atoms with Crippen LogP contribution in [0.15, 0.2) is 83.6 Å². The lowest BCUT2D eigenvalue weighted by Gasteiger charge is -2.27. The third kappa shape index (κ3) is 4.96. The average Bonchev–Trinajstić information content (AvgIpc) is 3.55. The lowest BCUT2D eigenvalue weighted by atomic mass is 10.0. The van der Waals surface area contributed by atoms with Gasteiger partial charge in [-0.15, -0.1) is 11.3 Å². The first-order valence-electron chi connectivity index (χ1n) is 10.8. The van der Waals surface area contributed by atoms with E-state index in [1.165, 1.54) is 30.1 Å². The summed E-state index contributed by atoms with van der Waals surface area (Å²) < 4.78 is 13.2. The van der Waals surface area contributed by atoms with Gasteiger partial charge in [-0.1, -0.05) is 59.8 Å². The largest absolute Gasteiger partial charge is 0.361 e. The second kappa shape index (κ2) is 10.2. The van der Waals surface area contributed by atoms with Gasteiger partial charge in [-0.05, 0) is 35.2 Å². The predicted octanol–water partition coefficient (Wildman–Crippen LogP) is 6.97. The second-order valence-corrected chi connectivity index (χ2v) is 10.2. The van der Waals surface area contributed by atoms with E-state index in [0.29, 0.717) is 10.9 Å². The highest BCUT2D eigenvalue weighted by atomic mass is 35.5. The Morgan fingerprint density at radius 2 is 1.97 bits per heavy atom. The van der Waals surface area contributed by atoms with Crippen LogP contribution in [0.25, 0.3) is 10.9 Å². The van der Waals surface area contributed by atoms with Crippen molar-refractivity contribution in [2.75, 3.05) is 7.05 Å². The first kappa shape index (κ1) is 23.5. The molecular formula is C26H20ClFN4OS2. The Balaban J connectivity index is 1.45. The minimum absolute atomic E-state index is 0.146. The molecule has 0 spiro atoms. The Labute approximate surface area is 215 Å². The van der Waals surface area contributed by atoms with Crippen LogP contribution in [0.1, 0.15) is 32.5 Å². The van der Waals surface area contributed by atoms with Gasteiger partial charge in [-0.25, -0.2) is 14.4 Å². The van der Waals surface area contributed by atoms with E-state index in [1.54, 1.807) is 35.4 Å². The summed E-state index contributed by atoms with van der Waals surface area (Å²) in [6.45, 7) is 0. The Morgan fingerprint density at radius 1 is 1.17 bits per heavy atom. The molecular weight excluding hydrogens is 503 g/mol. The van der Waals surface area contributed by atoms with Crippen molar-refractivity contribution in [2.24, 2.45) is 0 Å². The summed E-state index contributed by atoms with van der Waals surface area (Å²) in [4.78, 5) is 28.5. The highest BCUT2D eigenvalue weighted by Gasteiger charge is 2.29. The van der Waals surface area contributed by atoms with Crippen LogP contribution in [0.2, 0.25) is 5.02 Å². The van der Waals surface area contributed by atoms with Crippen LogP contribution in [0, 0.1) is 5.82 Å². The number of nitrogens with one attached hydrogen (secondary N) is 1. The van der Waals surface area contributed by atoms with Gasteiger partial charge in [-0.2, -0.15) is 0 Å². The molecule has 0 aliphatic carbocycles. The van der Waals surface area contributed by atoms with Gasteiger partial charge in [0.05, 0.1) is 17.3 Å². The highest BCUT2D eigenvalue weighted by Crippen LogP contribution is 2.36. The molecule has 0 fully saturated rings. The zero-order valence-corrected chi connectivity index (χ0v) is 21.0. The predicted molar refractivity (Wildman–Crippen MR) is 140 cm³/mol. The van der Waals surface area contributed by atoms with Crippen molar-refractivity contribution in [3.05, 3.63) is 111 Å². The van der Waals surface area contributed by atoms with Crippen molar-refractivity contribution >= 4 is 51.5 Å². The van der Waals surface area contributed by atoms with Gasteiger partial charge in [0.15, 0.2) is 10.9 Å². The number of benzene rings is 2. The van der Waals surface area contributed by atoms with E-state index in [4.69, 9.17) is 11.6 Å². The minimum Gasteiger partial charge on any atom is -0.361 e. The standard InChI is InChI=1S/C26H20ClFN4OS2/c1-32(24(22-7-4-12-34-22)19-13-29-21-6-3-2-5-18(19)21)25(33)23-20(27)14-30-26(31-23)35-15-16-8-10-17(28)11-9-16/h2-14,24,29H,15H2,1H3/t24-/m1/s1. The summed E-state index contributed by atoms with van der Waals surface area (Å²) in [5.74, 6) is -0.0453. The van der Waals surface area contributed by atoms with Crippen LogP contribution in [-0.2, 0) is 5.75 Å². The molecule has 0 aliphatic rings. The summed E-state index contributed by atoms with van der Waals surface area (Å²) in [6.07, 6.45) is 3.40. The Kier molecular flexibility index (Phi) is 6.86. The Hall–Kier alpha value is -3.20. The molecule has 9 heteroatoms. The summed E-state index contributed by atoms with van der Waals surface area (Å²) in [5.41, 5.74) is 3.07. The van der Waals surface area contributed by atoms with E-state index in [0.717, 1.165) is 26.9 Å². The number of thioether (sulfide) groups is 1. The zero-order chi connectivity index (χ0) is 24.4. The Bertz CT molecular complexity index is 1470. The first-order valence-corrected chi connectivity index (χ1v) is 13.0. The SMILES string of the molecule is CN(C(=O)c1nc(SCc2ccc(F)cc2)ncc1Cl)[C@@H](c1cccs1)c1c[nH]c2ccccc12. The van der Waals surface area contributed by atoms with E-state index >= 15 is 0 Å². The number of carbonyl (C=O) groups is 1. The first-order chi connectivity index (χ1) is 17.0. The molecule has 0 unspecified atom stereocenters. The molecule has 5 rings (SSSR count). The third-order valence-electron chi connectivity index (χ3n) is 5.64. The van der Waals surface area contributed by atoms with E-state index in [1.807, 2.05) is 48.0 Å². The van der Waals surface area contributed by atoms with Crippen molar-refractivity contribution in [3.8, 4) is 0 Å². The van der Waals surface area contributed by atoms with Gasteiger partial charge >= 0.3 is 0 Å². The van der Waals surface area contributed by atoms with E-state index in [2.05, 4.69) is 15.0 Å². The van der Waals surface area contributed by atoms with E-state index < -0.39 is 0 Å². The normalized spacial score (nSPS) is 12.1. The lowest BCUT2D eigenvalue weighted by Crippen LogP contribution is -2.32. The van der Waals surface area contributed by atoms with Crippen LogP contribution in [-0.4, -0.2) is 32.8 Å². The van der Waals surface area contributed by atoms with Gasteiger partial charge in [-0.3, -0.25) is 4.79 Å². The van der Waals surface area contributed by atoms with Crippen LogP contribution >= 0.6 is 34.7 Å². The van der Waals surface area contributed by atoms with Gasteiger partial charge < -0.3 is 9.88 Å². The minimum atomic E-state index is -0.319. The number of halogens is 2. The fraction of sp³-hybridized carbons (Fsp3) is 0.115. The van der Waals surface area contributed by atoms with Crippen LogP contribution in [0.5, 0.6) is 0 Å². The summed E-state index contributed by atoms with van der Waals surface area (Å²) in [5, 5.41) is 3.67. The molecule has 1 amide bonds. The van der Waals surface area contributed by atoms with Crippen LogP contribution < -0.4 is 0 Å². The molecule has 0 saturated heterocycles. The van der Waals surface area contributed by atoms with Crippen LogP contribution in [0.4, 0.5) is 4.39 Å². The average molecular weight is 523 g/mol. The molecule has 35 heavy (non-hydrogen) atoms. The smallest absolute Gasteiger partial charge is 0.274 e. The monoisotopic (exact) mass is 522 g/mol. The summed E-state index contributed by atoms with van der Waals surface area (Å²) in [7, 11) is 1.76. The maximum atomic E-state index is 13.7. The quantitative estimate of drug-likeness (QED) is 0.185. The number of fused-ring (bicyclic) bond motifs is 1.